The number of carbonyl (C=O) groups is 2. The molecule has 0 aliphatic carbocycles. The van der Waals surface area contributed by atoms with Gasteiger partial charge in [0.25, 0.3) is 11.7 Å². The minimum Gasteiger partial charge on any atom is -0.444 e. The van der Waals surface area contributed by atoms with E-state index in [1.54, 1.807) is 39.8 Å². The Morgan fingerprint density at radius 3 is 1.57 bits per heavy atom. The molecule has 0 fully saturated rings. The van der Waals surface area contributed by atoms with E-state index in [1.807, 2.05) is 48.5 Å². The number of aromatic nitrogens is 4. The third-order valence-corrected chi connectivity index (χ3v) is 8.90. The number of hydrogen-bond donors (Lipinski definition) is 1. The number of rotatable bonds is 11. The summed E-state index contributed by atoms with van der Waals surface area (Å²) in [5.74, 6) is -2.05. The second-order valence-electron chi connectivity index (χ2n) is 13.5. The van der Waals surface area contributed by atoms with Crippen LogP contribution in [-0.2, 0) is 17.6 Å². The Labute approximate surface area is 319 Å². The highest BCUT2D eigenvalue weighted by Gasteiger charge is 2.41. The lowest BCUT2D eigenvalue weighted by Gasteiger charge is -2.36. The number of amides is 2. The standard InChI is InChI=1S/C39H34Cl2F2N6O5/c1-21-45-36(53-47-21)32(17-22-5-9-24(10-6-22)26-13-15-30(42)28(40)19-26)49(38(51)52-39(2,3)4)33(37-46-35(34(44)50)48-54-37)18-23-7-11-25(12-8-23)27-14-16-31(43)29(41)20-27/h5-16,19-20,32-33H,17-18H2,1-4H3,(H2,44,50)/t32-,33-/m1/s1. The van der Waals surface area contributed by atoms with Gasteiger partial charge in [0.15, 0.2) is 5.82 Å². The third-order valence-electron chi connectivity index (χ3n) is 8.32. The lowest BCUT2D eigenvalue weighted by molar-refractivity contribution is -0.00459. The van der Waals surface area contributed by atoms with Gasteiger partial charge in [0.1, 0.15) is 29.3 Å². The molecule has 278 valence electrons. The number of nitrogens with two attached hydrogens (primary N) is 1. The molecule has 2 aromatic heterocycles. The van der Waals surface area contributed by atoms with Gasteiger partial charge in [-0.15, -0.1) is 0 Å². The van der Waals surface area contributed by atoms with Gasteiger partial charge >= 0.3 is 6.09 Å². The van der Waals surface area contributed by atoms with Crippen molar-refractivity contribution in [1.29, 1.82) is 0 Å². The zero-order chi connectivity index (χ0) is 38.7. The number of benzene rings is 4. The van der Waals surface area contributed by atoms with E-state index >= 15 is 0 Å². The summed E-state index contributed by atoms with van der Waals surface area (Å²) in [4.78, 5) is 36.7. The fourth-order valence-electron chi connectivity index (χ4n) is 5.78. The fraction of sp³-hybridized carbons (Fsp3) is 0.231. The summed E-state index contributed by atoms with van der Waals surface area (Å²) in [5.41, 5.74) is 8.97. The molecular formula is C39H34Cl2F2N6O5. The normalized spacial score (nSPS) is 12.7. The fourth-order valence-corrected chi connectivity index (χ4v) is 6.14. The summed E-state index contributed by atoms with van der Waals surface area (Å²) in [6.45, 7) is 6.82. The van der Waals surface area contributed by atoms with Crippen LogP contribution in [0.1, 0.15) is 72.2 Å². The van der Waals surface area contributed by atoms with Crippen molar-refractivity contribution in [2.75, 3.05) is 0 Å². The van der Waals surface area contributed by atoms with Crippen LogP contribution >= 0.6 is 23.2 Å². The quantitative estimate of drug-likeness (QED) is 0.136. The summed E-state index contributed by atoms with van der Waals surface area (Å²) < 4.78 is 45.0. The van der Waals surface area contributed by atoms with Gasteiger partial charge in [0, 0.05) is 12.8 Å². The number of nitrogens with zero attached hydrogens (tertiary/aromatic N) is 5. The number of ether oxygens (including phenoxy) is 1. The van der Waals surface area contributed by atoms with Crippen molar-refractivity contribution in [2.45, 2.75) is 58.2 Å². The van der Waals surface area contributed by atoms with Crippen molar-refractivity contribution < 1.29 is 32.2 Å². The van der Waals surface area contributed by atoms with Gasteiger partial charge in [-0.3, -0.25) is 9.69 Å². The summed E-state index contributed by atoms with van der Waals surface area (Å²) in [6, 6.07) is 21.5. The molecule has 0 bridgehead atoms. The van der Waals surface area contributed by atoms with Gasteiger partial charge in [-0.05, 0) is 85.3 Å². The van der Waals surface area contributed by atoms with E-state index in [2.05, 4.69) is 20.3 Å². The maximum atomic E-state index is 14.5. The summed E-state index contributed by atoms with van der Waals surface area (Å²) >= 11 is 12.1. The molecule has 11 nitrogen and oxygen atoms in total. The maximum Gasteiger partial charge on any atom is 0.411 e. The van der Waals surface area contributed by atoms with Crippen LogP contribution in [-0.4, -0.2) is 42.8 Å². The lowest BCUT2D eigenvalue weighted by atomic mass is 9.96. The maximum absolute atomic E-state index is 14.5. The number of halogens is 4. The monoisotopic (exact) mass is 774 g/mol. The highest BCUT2D eigenvalue weighted by Crippen LogP contribution is 2.37. The topological polar surface area (TPSA) is 150 Å². The van der Waals surface area contributed by atoms with Crippen LogP contribution in [0.25, 0.3) is 22.3 Å². The van der Waals surface area contributed by atoms with Gasteiger partial charge in [-0.25, -0.2) is 13.6 Å². The molecule has 6 rings (SSSR count). The number of carbonyl (C=O) groups excluding carboxylic acids is 2. The largest absolute Gasteiger partial charge is 0.444 e. The Morgan fingerprint density at radius 1 is 0.741 bits per heavy atom. The van der Waals surface area contributed by atoms with Crippen LogP contribution in [0.5, 0.6) is 0 Å². The predicted octanol–water partition coefficient (Wildman–Crippen LogP) is 9.28. The number of primary amides is 1. The average Bonchev–Trinajstić information content (AvgIpc) is 3.80. The molecule has 0 spiro atoms. The Balaban J connectivity index is 1.43. The minimum absolute atomic E-state index is 0.00235. The molecule has 0 saturated carbocycles. The first kappa shape index (κ1) is 38.1. The second-order valence-corrected chi connectivity index (χ2v) is 14.3. The van der Waals surface area contributed by atoms with Crippen LogP contribution in [0, 0.1) is 18.6 Å². The van der Waals surface area contributed by atoms with Crippen LogP contribution < -0.4 is 5.73 Å². The molecule has 15 heteroatoms. The second kappa shape index (κ2) is 15.7. The Bertz CT molecular complexity index is 2290. The zero-order valence-corrected chi connectivity index (χ0v) is 31.0. The van der Waals surface area contributed by atoms with Crippen molar-refractivity contribution in [3.8, 4) is 22.3 Å². The van der Waals surface area contributed by atoms with E-state index in [4.69, 9.17) is 42.7 Å². The number of hydrogen-bond acceptors (Lipinski definition) is 9. The van der Waals surface area contributed by atoms with E-state index in [0.29, 0.717) is 22.5 Å². The van der Waals surface area contributed by atoms with Crippen molar-refractivity contribution in [3.05, 3.63) is 141 Å². The van der Waals surface area contributed by atoms with Crippen LogP contribution in [0.2, 0.25) is 10.0 Å². The smallest absolute Gasteiger partial charge is 0.411 e. The number of aryl methyl sites for hydroxylation is 1. The van der Waals surface area contributed by atoms with E-state index in [9.17, 15) is 18.4 Å². The molecule has 6 aromatic rings. The third kappa shape index (κ3) is 8.92. The Kier molecular flexibility index (Phi) is 11.1. The highest BCUT2D eigenvalue weighted by atomic mass is 35.5. The van der Waals surface area contributed by atoms with Crippen LogP contribution in [0.15, 0.2) is 94.0 Å². The van der Waals surface area contributed by atoms with Crippen molar-refractivity contribution in [1.82, 2.24) is 25.2 Å². The van der Waals surface area contributed by atoms with Gasteiger partial charge < -0.3 is 19.5 Å². The molecule has 0 aliphatic heterocycles. The van der Waals surface area contributed by atoms with Crippen molar-refractivity contribution >= 4 is 35.2 Å². The molecule has 0 saturated heterocycles. The lowest BCUT2D eigenvalue weighted by Crippen LogP contribution is -2.43. The summed E-state index contributed by atoms with van der Waals surface area (Å²) in [7, 11) is 0. The van der Waals surface area contributed by atoms with Gasteiger partial charge in [-0.1, -0.05) is 94.2 Å². The van der Waals surface area contributed by atoms with E-state index in [-0.39, 0.29) is 40.5 Å². The van der Waals surface area contributed by atoms with Crippen molar-refractivity contribution in [2.24, 2.45) is 5.73 Å². The molecular weight excluding hydrogens is 741 g/mol. The minimum atomic E-state index is -1.07. The summed E-state index contributed by atoms with van der Waals surface area (Å²) in [6.07, 6.45) is -0.553. The van der Waals surface area contributed by atoms with Gasteiger partial charge in [0.05, 0.1) is 10.0 Å². The Morgan fingerprint density at radius 2 is 1.19 bits per heavy atom. The molecule has 0 radical (unpaired) electrons. The first-order valence-corrected chi connectivity index (χ1v) is 17.4. The van der Waals surface area contributed by atoms with Gasteiger partial charge in [0.2, 0.25) is 11.8 Å². The summed E-state index contributed by atoms with van der Waals surface area (Å²) in [5, 5.41) is 7.76. The van der Waals surface area contributed by atoms with E-state index < -0.39 is 41.3 Å². The van der Waals surface area contributed by atoms with Gasteiger partial charge in [-0.2, -0.15) is 9.97 Å². The Hall–Kier alpha value is -5.66. The first-order chi connectivity index (χ1) is 25.6. The molecule has 54 heavy (non-hydrogen) atoms. The molecule has 2 heterocycles. The molecule has 2 atom stereocenters. The molecule has 2 N–H and O–H groups in total. The molecule has 0 aliphatic rings. The first-order valence-electron chi connectivity index (χ1n) is 16.7. The molecule has 4 aromatic carbocycles. The average molecular weight is 776 g/mol. The SMILES string of the molecule is Cc1noc([C@@H](Cc2ccc(-c3ccc(F)c(Cl)c3)cc2)N(C(=O)OC(C)(C)C)[C@H](Cc2ccc(-c3ccc(F)c(Cl)c3)cc2)c2nc(C(N)=O)no2)n1. The highest BCUT2D eigenvalue weighted by molar-refractivity contribution is 6.31. The van der Waals surface area contributed by atoms with Crippen LogP contribution in [0.4, 0.5) is 13.6 Å². The van der Waals surface area contributed by atoms with Crippen LogP contribution in [0.3, 0.4) is 0 Å². The molecule has 2 amide bonds. The van der Waals surface area contributed by atoms with Crippen molar-refractivity contribution in [3.63, 3.8) is 0 Å². The van der Waals surface area contributed by atoms with E-state index in [0.717, 1.165) is 16.7 Å². The zero-order valence-electron chi connectivity index (χ0n) is 29.5. The van der Waals surface area contributed by atoms with E-state index in [1.165, 1.54) is 29.2 Å². The molecule has 0 unspecified atom stereocenters. The predicted molar refractivity (Wildman–Crippen MR) is 197 cm³/mol.